The zero-order valence-electron chi connectivity index (χ0n) is 11.9. The van der Waals surface area contributed by atoms with E-state index in [0.717, 1.165) is 26.0 Å². The Morgan fingerprint density at radius 2 is 2.00 bits per heavy atom. The van der Waals surface area contributed by atoms with Crippen LogP contribution in [0.1, 0.15) is 36.5 Å². The lowest BCUT2D eigenvalue weighted by Gasteiger charge is -2.13. The summed E-state index contributed by atoms with van der Waals surface area (Å²) in [6.45, 7) is 1.95. The molecule has 1 atom stereocenters. The Labute approximate surface area is 121 Å². The van der Waals surface area contributed by atoms with Gasteiger partial charge in [-0.05, 0) is 12.5 Å². The molecule has 0 aromatic heterocycles. The normalized spacial score (nSPS) is 11.9. The van der Waals surface area contributed by atoms with Gasteiger partial charge in [-0.15, -0.1) is 0 Å². The number of amides is 1. The standard InChI is InChI=1S/C14H18F2N2O3/c1-3-4-5-11(17)13(19)18-12-6-8(14(20)21-2)9(15)7-10(12)16/h6-7,11H,3-5,17H2,1-2H3,(H,18,19)/t11-/m0/s1. The molecule has 1 aromatic carbocycles. The summed E-state index contributed by atoms with van der Waals surface area (Å²) in [5.41, 5.74) is 4.88. The fourth-order valence-electron chi connectivity index (χ4n) is 1.69. The van der Waals surface area contributed by atoms with Crippen molar-refractivity contribution in [3.63, 3.8) is 0 Å². The molecule has 0 aliphatic heterocycles. The van der Waals surface area contributed by atoms with Gasteiger partial charge in [0.1, 0.15) is 11.6 Å². The number of nitrogens with one attached hydrogen (secondary N) is 1. The maximum Gasteiger partial charge on any atom is 0.340 e. The molecule has 7 heteroatoms. The topological polar surface area (TPSA) is 81.4 Å². The van der Waals surface area contributed by atoms with Gasteiger partial charge in [-0.2, -0.15) is 0 Å². The minimum Gasteiger partial charge on any atom is -0.465 e. The molecule has 0 fully saturated rings. The van der Waals surface area contributed by atoms with E-state index in [1.807, 2.05) is 6.92 Å². The van der Waals surface area contributed by atoms with Crippen molar-refractivity contribution in [3.8, 4) is 0 Å². The van der Waals surface area contributed by atoms with Gasteiger partial charge in [-0.3, -0.25) is 4.79 Å². The number of benzene rings is 1. The van der Waals surface area contributed by atoms with Crippen molar-refractivity contribution in [1.82, 2.24) is 0 Å². The predicted octanol–water partition coefficient (Wildman–Crippen LogP) is 2.21. The van der Waals surface area contributed by atoms with E-state index in [1.54, 1.807) is 0 Å². The zero-order chi connectivity index (χ0) is 16.0. The number of carbonyl (C=O) groups excluding carboxylic acids is 2. The highest BCUT2D eigenvalue weighted by molar-refractivity contribution is 5.97. The van der Waals surface area contributed by atoms with Crippen LogP contribution in [0, 0.1) is 11.6 Å². The molecular weight excluding hydrogens is 282 g/mol. The van der Waals surface area contributed by atoms with E-state index in [2.05, 4.69) is 10.1 Å². The average Bonchev–Trinajstić information content (AvgIpc) is 2.46. The molecule has 0 aliphatic carbocycles. The summed E-state index contributed by atoms with van der Waals surface area (Å²) in [5.74, 6) is -3.60. The number of anilines is 1. The van der Waals surface area contributed by atoms with E-state index >= 15 is 0 Å². The molecule has 116 valence electrons. The quantitative estimate of drug-likeness (QED) is 0.789. The highest BCUT2D eigenvalue weighted by atomic mass is 19.1. The molecule has 1 amide bonds. The van der Waals surface area contributed by atoms with Gasteiger partial charge in [0.2, 0.25) is 5.91 Å². The van der Waals surface area contributed by atoms with Crippen molar-refractivity contribution in [1.29, 1.82) is 0 Å². The van der Waals surface area contributed by atoms with E-state index < -0.39 is 35.1 Å². The van der Waals surface area contributed by atoms with Crippen LogP contribution in [0.2, 0.25) is 0 Å². The number of methoxy groups -OCH3 is 1. The second-order valence-corrected chi connectivity index (χ2v) is 4.54. The molecule has 1 aromatic rings. The van der Waals surface area contributed by atoms with Crippen molar-refractivity contribution in [2.24, 2.45) is 5.73 Å². The number of rotatable bonds is 6. The molecule has 3 N–H and O–H groups in total. The highest BCUT2D eigenvalue weighted by Crippen LogP contribution is 2.20. The maximum atomic E-state index is 13.6. The van der Waals surface area contributed by atoms with E-state index in [9.17, 15) is 18.4 Å². The third-order valence-electron chi connectivity index (χ3n) is 2.93. The van der Waals surface area contributed by atoms with Crippen LogP contribution in [0.3, 0.4) is 0 Å². The first-order valence-corrected chi connectivity index (χ1v) is 6.54. The molecule has 0 unspecified atom stereocenters. The van der Waals surface area contributed by atoms with Crippen LogP contribution in [0.15, 0.2) is 12.1 Å². The molecule has 0 spiro atoms. The number of carbonyl (C=O) groups is 2. The van der Waals surface area contributed by atoms with Crippen LogP contribution in [0.4, 0.5) is 14.5 Å². The summed E-state index contributed by atoms with van der Waals surface area (Å²) < 4.78 is 31.5. The number of hydrogen-bond donors (Lipinski definition) is 2. The van der Waals surface area contributed by atoms with Crippen molar-refractivity contribution in [3.05, 3.63) is 29.3 Å². The Kier molecular flexibility index (Phi) is 6.23. The largest absolute Gasteiger partial charge is 0.465 e. The van der Waals surface area contributed by atoms with Crippen LogP contribution < -0.4 is 11.1 Å². The molecule has 0 saturated carbocycles. The first-order chi connectivity index (χ1) is 9.90. The van der Waals surface area contributed by atoms with Gasteiger partial charge >= 0.3 is 5.97 Å². The third kappa shape index (κ3) is 4.49. The molecule has 5 nitrogen and oxygen atoms in total. The monoisotopic (exact) mass is 300 g/mol. The Morgan fingerprint density at radius 3 is 2.57 bits per heavy atom. The summed E-state index contributed by atoms with van der Waals surface area (Å²) in [5, 5.41) is 2.25. The molecule has 0 aliphatic rings. The fraction of sp³-hybridized carbons (Fsp3) is 0.429. The predicted molar refractivity (Wildman–Crippen MR) is 73.8 cm³/mol. The number of unbranched alkanes of at least 4 members (excludes halogenated alkanes) is 1. The smallest absolute Gasteiger partial charge is 0.340 e. The van der Waals surface area contributed by atoms with Crippen molar-refractivity contribution < 1.29 is 23.1 Å². The summed E-state index contributed by atoms with van der Waals surface area (Å²) in [7, 11) is 1.07. The van der Waals surface area contributed by atoms with Crippen LogP contribution >= 0.6 is 0 Å². The Balaban J connectivity index is 2.92. The molecular formula is C14H18F2N2O3. The van der Waals surface area contributed by atoms with Crippen molar-refractivity contribution >= 4 is 17.6 Å². The van der Waals surface area contributed by atoms with E-state index in [1.165, 1.54) is 0 Å². The molecule has 1 rings (SSSR count). The van der Waals surface area contributed by atoms with Gasteiger partial charge in [0.05, 0.1) is 24.4 Å². The van der Waals surface area contributed by atoms with E-state index in [0.29, 0.717) is 12.5 Å². The van der Waals surface area contributed by atoms with Crippen LogP contribution in [-0.2, 0) is 9.53 Å². The fourth-order valence-corrected chi connectivity index (χ4v) is 1.69. The van der Waals surface area contributed by atoms with Gasteiger partial charge in [-0.1, -0.05) is 19.8 Å². The average molecular weight is 300 g/mol. The molecule has 0 bridgehead atoms. The van der Waals surface area contributed by atoms with Crippen LogP contribution in [0.25, 0.3) is 0 Å². The van der Waals surface area contributed by atoms with Crippen LogP contribution in [-0.4, -0.2) is 25.0 Å². The van der Waals surface area contributed by atoms with Gasteiger partial charge in [0.25, 0.3) is 0 Å². The SMILES string of the molecule is CCCC[C@H](N)C(=O)Nc1cc(C(=O)OC)c(F)cc1F. The van der Waals surface area contributed by atoms with Gasteiger partial charge in [-0.25, -0.2) is 13.6 Å². The number of hydrogen-bond acceptors (Lipinski definition) is 4. The highest BCUT2D eigenvalue weighted by Gasteiger charge is 2.19. The Bertz CT molecular complexity index is 535. The number of nitrogens with two attached hydrogens (primary N) is 1. The molecule has 21 heavy (non-hydrogen) atoms. The number of ether oxygens (including phenoxy) is 1. The summed E-state index contributed by atoms with van der Waals surface area (Å²) in [6, 6.07) is 0.608. The third-order valence-corrected chi connectivity index (χ3v) is 2.93. The number of esters is 1. The van der Waals surface area contributed by atoms with Gasteiger partial charge in [0.15, 0.2) is 0 Å². The van der Waals surface area contributed by atoms with Gasteiger partial charge in [0, 0.05) is 6.07 Å². The summed E-state index contributed by atoms with van der Waals surface area (Å²) in [6.07, 6.45) is 2.08. The molecule has 0 heterocycles. The molecule has 0 radical (unpaired) electrons. The number of halogens is 2. The summed E-state index contributed by atoms with van der Waals surface area (Å²) in [4.78, 5) is 23.1. The zero-order valence-corrected chi connectivity index (χ0v) is 11.9. The van der Waals surface area contributed by atoms with Gasteiger partial charge < -0.3 is 15.8 Å². The van der Waals surface area contributed by atoms with E-state index in [4.69, 9.17) is 5.73 Å². The lowest BCUT2D eigenvalue weighted by Crippen LogP contribution is -2.35. The lowest BCUT2D eigenvalue weighted by atomic mass is 10.1. The summed E-state index contributed by atoms with van der Waals surface area (Å²) >= 11 is 0. The first kappa shape index (κ1) is 17.0. The second-order valence-electron chi connectivity index (χ2n) is 4.54. The minimum absolute atomic E-state index is 0.311. The van der Waals surface area contributed by atoms with E-state index in [-0.39, 0.29) is 5.69 Å². The molecule has 0 saturated heterocycles. The lowest BCUT2D eigenvalue weighted by molar-refractivity contribution is -0.117. The Morgan fingerprint density at radius 1 is 1.33 bits per heavy atom. The van der Waals surface area contributed by atoms with Crippen molar-refractivity contribution in [2.45, 2.75) is 32.2 Å². The second kappa shape index (κ2) is 7.68. The maximum absolute atomic E-state index is 13.6. The first-order valence-electron chi connectivity index (χ1n) is 6.54. The minimum atomic E-state index is -1.06. The van der Waals surface area contributed by atoms with Crippen molar-refractivity contribution in [2.75, 3.05) is 12.4 Å². The van der Waals surface area contributed by atoms with Crippen LogP contribution in [0.5, 0.6) is 0 Å². The Hall–Kier alpha value is -2.02.